The Hall–Kier alpha value is -0.120. The molecule has 2 rings (SSSR count). The predicted molar refractivity (Wildman–Crippen MR) is 57.2 cm³/mol. The van der Waals surface area contributed by atoms with Crippen LogP contribution in [0.1, 0.15) is 32.6 Å². The van der Waals surface area contributed by atoms with E-state index >= 15 is 0 Å². The maximum Gasteiger partial charge on any atom is 0.0593 e. The SMILES string of the molecule is CCOCCN1C2CCC1CC(N)C2. The molecule has 0 spiro atoms. The maximum atomic E-state index is 6.01. The molecule has 0 radical (unpaired) electrons. The summed E-state index contributed by atoms with van der Waals surface area (Å²) in [6.45, 7) is 4.89. The van der Waals surface area contributed by atoms with E-state index in [1.54, 1.807) is 0 Å². The highest BCUT2D eigenvalue weighted by molar-refractivity contribution is 4.96. The van der Waals surface area contributed by atoms with E-state index in [1.165, 1.54) is 25.7 Å². The lowest BCUT2D eigenvalue weighted by molar-refractivity contribution is 0.0679. The van der Waals surface area contributed by atoms with E-state index in [0.29, 0.717) is 6.04 Å². The van der Waals surface area contributed by atoms with Gasteiger partial charge in [0.15, 0.2) is 0 Å². The normalized spacial score (nSPS) is 37.7. The maximum absolute atomic E-state index is 6.01. The zero-order valence-electron chi connectivity index (χ0n) is 9.11. The van der Waals surface area contributed by atoms with Crippen molar-refractivity contribution in [2.24, 2.45) is 5.73 Å². The van der Waals surface area contributed by atoms with E-state index < -0.39 is 0 Å². The first-order chi connectivity index (χ1) is 6.81. The molecular weight excluding hydrogens is 176 g/mol. The Morgan fingerprint density at radius 1 is 1.29 bits per heavy atom. The van der Waals surface area contributed by atoms with Gasteiger partial charge < -0.3 is 10.5 Å². The highest BCUT2D eigenvalue weighted by atomic mass is 16.5. The zero-order valence-corrected chi connectivity index (χ0v) is 9.11. The molecule has 82 valence electrons. The van der Waals surface area contributed by atoms with Gasteiger partial charge in [0.05, 0.1) is 6.61 Å². The zero-order chi connectivity index (χ0) is 9.97. The van der Waals surface area contributed by atoms with Gasteiger partial charge in [0.1, 0.15) is 0 Å². The summed E-state index contributed by atoms with van der Waals surface area (Å²) in [5.74, 6) is 0. The minimum Gasteiger partial charge on any atom is -0.380 e. The number of piperidine rings is 1. The van der Waals surface area contributed by atoms with Crippen molar-refractivity contribution in [3.8, 4) is 0 Å². The Labute approximate surface area is 86.6 Å². The molecule has 2 aliphatic rings. The van der Waals surface area contributed by atoms with E-state index in [2.05, 4.69) is 11.8 Å². The molecule has 3 heteroatoms. The Kier molecular flexibility index (Phi) is 3.42. The third-order valence-corrected chi connectivity index (χ3v) is 3.62. The van der Waals surface area contributed by atoms with E-state index in [0.717, 1.165) is 31.8 Å². The standard InChI is InChI=1S/C11H22N2O/c1-2-14-6-5-13-10-3-4-11(13)8-9(12)7-10/h9-11H,2-8,12H2,1H3. The van der Waals surface area contributed by atoms with E-state index in [1.807, 2.05) is 0 Å². The van der Waals surface area contributed by atoms with Crippen LogP contribution in [0.3, 0.4) is 0 Å². The quantitative estimate of drug-likeness (QED) is 0.684. The molecule has 3 nitrogen and oxygen atoms in total. The Morgan fingerprint density at radius 2 is 1.93 bits per heavy atom. The van der Waals surface area contributed by atoms with Gasteiger partial charge in [-0.2, -0.15) is 0 Å². The van der Waals surface area contributed by atoms with Crippen LogP contribution in [0.25, 0.3) is 0 Å². The second kappa shape index (κ2) is 4.60. The molecule has 0 aromatic rings. The van der Waals surface area contributed by atoms with Crippen LogP contribution in [0, 0.1) is 0 Å². The van der Waals surface area contributed by atoms with Gasteiger partial charge in [0.2, 0.25) is 0 Å². The number of fused-ring (bicyclic) bond motifs is 2. The van der Waals surface area contributed by atoms with Crippen LogP contribution < -0.4 is 5.73 Å². The van der Waals surface area contributed by atoms with E-state index in [-0.39, 0.29) is 0 Å². The van der Waals surface area contributed by atoms with Gasteiger partial charge in [-0.05, 0) is 32.6 Å². The highest BCUT2D eigenvalue weighted by Gasteiger charge is 2.38. The number of hydrogen-bond acceptors (Lipinski definition) is 3. The van der Waals surface area contributed by atoms with Crippen LogP contribution in [-0.2, 0) is 4.74 Å². The van der Waals surface area contributed by atoms with E-state index in [9.17, 15) is 0 Å². The monoisotopic (exact) mass is 198 g/mol. The van der Waals surface area contributed by atoms with Crippen molar-refractivity contribution in [2.75, 3.05) is 19.8 Å². The van der Waals surface area contributed by atoms with Crippen molar-refractivity contribution in [1.29, 1.82) is 0 Å². The predicted octanol–water partition coefficient (Wildman–Crippen LogP) is 0.977. The van der Waals surface area contributed by atoms with Crippen LogP contribution in [0.4, 0.5) is 0 Å². The van der Waals surface area contributed by atoms with Gasteiger partial charge in [-0.15, -0.1) is 0 Å². The summed E-state index contributed by atoms with van der Waals surface area (Å²) in [4.78, 5) is 2.62. The fourth-order valence-corrected chi connectivity index (χ4v) is 3.00. The van der Waals surface area contributed by atoms with Crippen LogP contribution in [0.2, 0.25) is 0 Å². The van der Waals surface area contributed by atoms with Gasteiger partial charge in [0, 0.05) is 31.3 Å². The summed E-state index contributed by atoms with van der Waals surface area (Å²) in [6.07, 6.45) is 5.10. The number of ether oxygens (including phenoxy) is 1. The van der Waals surface area contributed by atoms with Crippen molar-refractivity contribution in [3.05, 3.63) is 0 Å². The molecule has 0 amide bonds. The summed E-state index contributed by atoms with van der Waals surface area (Å²) < 4.78 is 5.41. The first kappa shape index (κ1) is 10.4. The average molecular weight is 198 g/mol. The molecule has 2 atom stereocenters. The smallest absolute Gasteiger partial charge is 0.0593 e. The minimum absolute atomic E-state index is 0.454. The molecule has 2 saturated heterocycles. The molecule has 0 aromatic heterocycles. The van der Waals surface area contributed by atoms with Gasteiger partial charge >= 0.3 is 0 Å². The lowest BCUT2D eigenvalue weighted by Crippen LogP contribution is -2.48. The van der Waals surface area contributed by atoms with Gasteiger partial charge in [-0.1, -0.05) is 0 Å². The lowest BCUT2D eigenvalue weighted by Gasteiger charge is -2.37. The summed E-state index contributed by atoms with van der Waals surface area (Å²) in [5.41, 5.74) is 6.01. The molecule has 0 aromatic carbocycles. The molecular formula is C11H22N2O. The third kappa shape index (κ3) is 2.10. The largest absolute Gasteiger partial charge is 0.380 e. The Balaban J connectivity index is 1.82. The highest BCUT2D eigenvalue weighted by Crippen LogP contribution is 2.34. The Bertz CT molecular complexity index is 172. The molecule has 2 bridgehead atoms. The summed E-state index contributed by atoms with van der Waals surface area (Å²) in [5, 5.41) is 0. The van der Waals surface area contributed by atoms with Crippen molar-refractivity contribution in [3.63, 3.8) is 0 Å². The van der Waals surface area contributed by atoms with E-state index in [4.69, 9.17) is 10.5 Å². The van der Waals surface area contributed by atoms with Crippen molar-refractivity contribution >= 4 is 0 Å². The first-order valence-electron chi connectivity index (χ1n) is 5.90. The molecule has 2 unspecified atom stereocenters. The van der Waals surface area contributed by atoms with Gasteiger partial charge in [-0.25, -0.2) is 0 Å². The summed E-state index contributed by atoms with van der Waals surface area (Å²) >= 11 is 0. The first-order valence-corrected chi connectivity index (χ1v) is 5.90. The van der Waals surface area contributed by atoms with Crippen LogP contribution in [0.15, 0.2) is 0 Å². The fraction of sp³-hybridized carbons (Fsp3) is 1.00. The number of nitrogens with two attached hydrogens (primary N) is 1. The van der Waals surface area contributed by atoms with Crippen molar-refractivity contribution in [1.82, 2.24) is 4.90 Å². The van der Waals surface area contributed by atoms with Crippen molar-refractivity contribution in [2.45, 2.75) is 50.7 Å². The second-order valence-electron chi connectivity index (χ2n) is 4.55. The molecule has 0 aliphatic carbocycles. The fourth-order valence-electron chi connectivity index (χ4n) is 3.00. The Morgan fingerprint density at radius 3 is 2.50 bits per heavy atom. The molecule has 14 heavy (non-hydrogen) atoms. The topological polar surface area (TPSA) is 38.5 Å². The van der Waals surface area contributed by atoms with Crippen LogP contribution in [-0.4, -0.2) is 42.8 Å². The van der Waals surface area contributed by atoms with Gasteiger partial charge in [-0.3, -0.25) is 4.90 Å². The molecule has 2 N–H and O–H groups in total. The third-order valence-electron chi connectivity index (χ3n) is 3.62. The molecule has 2 aliphatic heterocycles. The van der Waals surface area contributed by atoms with Crippen LogP contribution >= 0.6 is 0 Å². The molecule has 2 heterocycles. The van der Waals surface area contributed by atoms with Crippen molar-refractivity contribution < 1.29 is 4.74 Å². The number of rotatable bonds is 4. The second-order valence-corrected chi connectivity index (χ2v) is 4.55. The van der Waals surface area contributed by atoms with Crippen LogP contribution in [0.5, 0.6) is 0 Å². The summed E-state index contributed by atoms with van der Waals surface area (Å²) in [6, 6.07) is 1.96. The van der Waals surface area contributed by atoms with Gasteiger partial charge in [0.25, 0.3) is 0 Å². The molecule has 0 saturated carbocycles. The lowest BCUT2D eigenvalue weighted by atomic mass is 9.98. The molecule has 2 fully saturated rings. The summed E-state index contributed by atoms with van der Waals surface area (Å²) in [7, 11) is 0. The minimum atomic E-state index is 0.454. The number of hydrogen-bond donors (Lipinski definition) is 1. The average Bonchev–Trinajstić information content (AvgIpc) is 2.42. The number of nitrogens with zero attached hydrogens (tertiary/aromatic N) is 1.